The summed E-state index contributed by atoms with van der Waals surface area (Å²) in [6.07, 6.45) is 2.56. The molecule has 1 aromatic rings. The minimum atomic E-state index is 0.333. The van der Waals surface area contributed by atoms with Gasteiger partial charge in [-0.2, -0.15) is 0 Å². The van der Waals surface area contributed by atoms with E-state index in [2.05, 4.69) is 24.8 Å². The summed E-state index contributed by atoms with van der Waals surface area (Å²) in [6.45, 7) is 8.40. The van der Waals surface area contributed by atoms with Crippen molar-refractivity contribution in [2.24, 2.45) is 11.7 Å². The summed E-state index contributed by atoms with van der Waals surface area (Å²) in [4.78, 5) is 2.51. The Kier molecular flexibility index (Phi) is 3.89. The van der Waals surface area contributed by atoms with E-state index in [4.69, 9.17) is 10.2 Å². The highest BCUT2D eigenvalue weighted by Crippen LogP contribution is 2.31. The predicted molar refractivity (Wildman–Crippen MR) is 69.8 cm³/mol. The van der Waals surface area contributed by atoms with E-state index in [1.54, 1.807) is 0 Å². The third-order valence-corrected chi connectivity index (χ3v) is 4.07. The van der Waals surface area contributed by atoms with Crippen LogP contribution in [0.2, 0.25) is 0 Å². The number of nitrogens with zero attached hydrogens (tertiary/aromatic N) is 1. The third-order valence-electron chi connectivity index (χ3n) is 4.07. The molecule has 0 amide bonds. The van der Waals surface area contributed by atoms with Crippen molar-refractivity contribution >= 4 is 0 Å². The van der Waals surface area contributed by atoms with Gasteiger partial charge >= 0.3 is 0 Å². The fourth-order valence-electron chi connectivity index (χ4n) is 2.97. The summed E-state index contributed by atoms with van der Waals surface area (Å²) in [6, 6.07) is 4.95. The Labute approximate surface area is 104 Å². The summed E-state index contributed by atoms with van der Waals surface area (Å²) < 4.78 is 5.74. The van der Waals surface area contributed by atoms with Crippen LogP contribution >= 0.6 is 0 Å². The topological polar surface area (TPSA) is 42.4 Å². The van der Waals surface area contributed by atoms with E-state index >= 15 is 0 Å². The van der Waals surface area contributed by atoms with Crippen LogP contribution in [0.15, 0.2) is 16.5 Å². The highest BCUT2D eigenvalue weighted by Gasteiger charge is 2.32. The number of likely N-dealkylation sites (tertiary alicyclic amines) is 1. The van der Waals surface area contributed by atoms with Gasteiger partial charge in [0.05, 0.1) is 6.04 Å². The van der Waals surface area contributed by atoms with Gasteiger partial charge in [0.25, 0.3) is 0 Å². The lowest BCUT2D eigenvalue weighted by Crippen LogP contribution is -2.49. The normalized spacial score (nSPS) is 28.2. The summed E-state index contributed by atoms with van der Waals surface area (Å²) in [5.74, 6) is 2.74. The summed E-state index contributed by atoms with van der Waals surface area (Å²) in [7, 11) is 0. The molecule has 96 valence electrons. The van der Waals surface area contributed by atoms with E-state index in [-0.39, 0.29) is 0 Å². The molecule has 1 fully saturated rings. The Morgan fingerprint density at radius 3 is 2.88 bits per heavy atom. The average Bonchev–Trinajstić information content (AvgIpc) is 2.74. The molecule has 0 aliphatic carbocycles. The van der Waals surface area contributed by atoms with Crippen molar-refractivity contribution in [1.82, 2.24) is 4.90 Å². The second kappa shape index (κ2) is 5.23. The second-order valence-corrected chi connectivity index (χ2v) is 5.28. The molecule has 2 N–H and O–H groups in total. The van der Waals surface area contributed by atoms with Crippen LogP contribution in [0.5, 0.6) is 0 Å². The molecular weight excluding hydrogens is 212 g/mol. The van der Waals surface area contributed by atoms with Crippen LogP contribution < -0.4 is 5.73 Å². The Morgan fingerprint density at radius 2 is 2.29 bits per heavy atom. The fraction of sp³-hybridized carbons (Fsp3) is 0.714. The van der Waals surface area contributed by atoms with Gasteiger partial charge in [-0.15, -0.1) is 0 Å². The maximum Gasteiger partial charge on any atom is 0.121 e. The quantitative estimate of drug-likeness (QED) is 0.877. The van der Waals surface area contributed by atoms with Gasteiger partial charge in [-0.3, -0.25) is 4.90 Å². The molecule has 0 bridgehead atoms. The smallest absolute Gasteiger partial charge is 0.121 e. The first-order valence-electron chi connectivity index (χ1n) is 6.65. The van der Waals surface area contributed by atoms with Crippen LogP contribution in [0.3, 0.4) is 0 Å². The maximum absolute atomic E-state index is 5.93. The van der Waals surface area contributed by atoms with Crippen LogP contribution in [-0.4, -0.2) is 24.0 Å². The Hall–Kier alpha value is -0.800. The van der Waals surface area contributed by atoms with E-state index in [1.165, 1.54) is 12.8 Å². The molecule has 0 aromatic carbocycles. The van der Waals surface area contributed by atoms with Gasteiger partial charge in [-0.05, 0) is 51.3 Å². The lowest BCUT2D eigenvalue weighted by molar-refractivity contribution is 0.0595. The monoisotopic (exact) mass is 236 g/mol. The van der Waals surface area contributed by atoms with Gasteiger partial charge < -0.3 is 10.2 Å². The highest BCUT2D eigenvalue weighted by atomic mass is 16.3. The molecular formula is C14H24N2O. The summed E-state index contributed by atoms with van der Waals surface area (Å²) >= 11 is 0. The molecule has 3 heteroatoms. The molecule has 3 unspecified atom stereocenters. The molecule has 0 saturated carbocycles. The number of rotatable bonds is 3. The van der Waals surface area contributed by atoms with E-state index in [1.807, 2.05) is 13.0 Å². The first-order valence-corrected chi connectivity index (χ1v) is 6.65. The lowest BCUT2D eigenvalue weighted by Gasteiger charge is -2.42. The van der Waals surface area contributed by atoms with Crippen LogP contribution in [0.25, 0.3) is 0 Å². The zero-order valence-corrected chi connectivity index (χ0v) is 11.1. The van der Waals surface area contributed by atoms with Crippen LogP contribution in [-0.2, 0) is 0 Å². The zero-order valence-electron chi connectivity index (χ0n) is 11.1. The molecule has 3 nitrogen and oxygen atoms in total. The Bertz CT molecular complexity index is 361. The molecule has 1 aliphatic heterocycles. The minimum absolute atomic E-state index is 0.333. The van der Waals surface area contributed by atoms with E-state index < -0.39 is 0 Å². The maximum atomic E-state index is 5.93. The molecule has 1 aromatic heterocycles. The number of aryl methyl sites for hydroxylation is 1. The van der Waals surface area contributed by atoms with Crippen molar-refractivity contribution in [3.05, 3.63) is 23.7 Å². The molecule has 1 aliphatic rings. The van der Waals surface area contributed by atoms with Crippen molar-refractivity contribution in [1.29, 1.82) is 0 Å². The van der Waals surface area contributed by atoms with Crippen molar-refractivity contribution < 1.29 is 4.42 Å². The second-order valence-electron chi connectivity index (χ2n) is 5.28. The molecule has 17 heavy (non-hydrogen) atoms. The number of hydrogen-bond donors (Lipinski definition) is 1. The first-order chi connectivity index (χ1) is 8.13. The van der Waals surface area contributed by atoms with E-state index in [9.17, 15) is 0 Å². The molecule has 0 radical (unpaired) electrons. The molecule has 3 atom stereocenters. The van der Waals surface area contributed by atoms with Gasteiger partial charge in [0.2, 0.25) is 0 Å². The van der Waals surface area contributed by atoms with E-state index in [0.29, 0.717) is 18.0 Å². The minimum Gasteiger partial charge on any atom is -0.465 e. The lowest BCUT2D eigenvalue weighted by atomic mass is 9.89. The fourth-order valence-corrected chi connectivity index (χ4v) is 2.97. The van der Waals surface area contributed by atoms with Gasteiger partial charge in [0.15, 0.2) is 0 Å². The van der Waals surface area contributed by atoms with Gasteiger partial charge in [-0.1, -0.05) is 6.92 Å². The van der Waals surface area contributed by atoms with E-state index in [0.717, 1.165) is 24.6 Å². The number of furan rings is 1. The molecule has 0 spiro atoms. The van der Waals surface area contributed by atoms with Gasteiger partial charge in [0, 0.05) is 12.6 Å². The van der Waals surface area contributed by atoms with Gasteiger partial charge in [-0.25, -0.2) is 0 Å². The highest BCUT2D eigenvalue weighted by molar-refractivity contribution is 5.10. The summed E-state index contributed by atoms with van der Waals surface area (Å²) in [5.41, 5.74) is 5.93. The van der Waals surface area contributed by atoms with Crippen LogP contribution in [0.4, 0.5) is 0 Å². The largest absolute Gasteiger partial charge is 0.465 e. The average molecular weight is 236 g/mol. The predicted octanol–water partition coefficient (Wildman–Crippen LogP) is 2.71. The number of piperidine rings is 1. The molecule has 2 rings (SSSR count). The molecule has 1 saturated heterocycles. The first kappa shape index (κ1) is 12.7. The third kappa shape index (κ3) is 2.55. The van der Waals surface area contributed by atoms with Crippen molar-refractivity contribution in [3.63, 3.8) is 0 Å². The van der Waals surface area contributed by atoms with Crippen molar-refractivity contribution in [3.8, 4) is 0 Å². The van der Waals surface area contributed by atoms with Crippen LogP contribution in [0, 0.1) is 12.8 Å². The number of nitrogens with two attached hydrogens (primary N) is 1. The van der Waals surface area contributed by atoms with Crippen molar-refractivity contribution in [2.75, 3.05) is 13.1 Å². The van der Waals surface area contributed by atoms with Gasteiger partial charge in [0.1, 0.15) is 11.5 Å². The van der Waals surface area contributed by atoms with Crippen molar-refractivity contribution in [2.45, 2.75) is 45.7 Å². The zero-order chi connectivity index (χ0) is 12.4. The summed E-state index contributed by atoms with van der Waals surface area (Å²) in [5, 5.41) is 0. The van der Waals surface area contributed by atoms with Crippen LogP contribution in [0.1, 0.15) is 44.3 Å². The standard InChI is InChI=1S/C14H24N2O/c1-10-5-4-8-16(13(10)9-15)12(3)14-7-6-11(2)17-14/h6-7,10,12-13H,4-5,8-9,15H2,1-3H3. The SMILES string of the molecule is Cc1ccc(C(C)N2CCCC(C)C2CN)o1. The Balaban J connectivity index is 2.14. The number of hydrogen-bond acceptors (Lipinski definition) is 3. The molecule has 2 heterocycles. The Morgan fingerprint density at radius 1 is 1.53 bits per heavy atom.